The van der Waals surface area contributed by atoms with E-state index in [1.54, 1.807) is 12.1 Å². The third-order valence-electron chi connectivity index (χ3n) is 3.29. The molecule has 4 heteroatoms. The van der Waals surface area contributed by atoms with Crippen LogP contribution in [-0.4, -0.2) is 25.7 Å². The van der Waals surface area contributed by atoms with E-state index in [0.717, 1.165) is 25.4 Å². The summed E-state index contributed by atoms with van der Waals surface area (Å²) < 4.78 is 11.0. The standard InChI is InChI=1S/C16H23NO3/c1-16(2,3)15(18)20-14-6-4-13(5-7-14)19-11-12-8-9-17-10-12/h4-7,12,17H,8-11H2,1-3H3/t12-/m1/s1. The monoisotopic (exact) mass is 277 g/mol. The predicted molar refractivity (Wildman–Crippen MR) is 78.0 cm³/mol. The molecule has 1 saturated heterocycles. The molecule has 2 rings (SSSR count). The molecule has 4 nitrogen and oxygen atoms in total. The van der Waals surface area contributed by atoms with Crippen LogP contribution in [0.15, 0.2) is 24.3 Å². The highest BCUT2D eigenvalue weighted by molar-refractivity contribution is 5.77. The molecule has 0 amide bonds. The van der Waals surface area contributed by atoms with E-state index in [0.29, 0.717) is 11.7 Å². The number of hydrogen-bond donors (Lipinski definition) is 1. The van der Waals surface area contributed by atoms with E-state index in [4.69, 9.17) is 9.47 Å². The SMILES string of the molecule is CC(C)(C)C(=O)Oc1ccc(OC[C@@H]2CCNC2)cc1. The second-order valence-corrected chi connectivity index (χ2v) is 6.28. The summed E-state index contributed by atoms with van der Waals surface area (Å²) in [5, 5.41) is 3.32. The normalized spacial score (nSPS) is 18.9. The van der Waals surface area contributed by atoms with E-state index in [1.165, 1.54) is 6.42 Å². The van der Waals surface area contributed by atoms with E-state index < -0.39 is 5.41 Å². The molecule has 1 fully saturated rings. The zero-order valence-electron chi connectivity index (χ0n) is 12.4. The van der Waals surface area contributed by atoms with Crippen LogP contribution in [0.3, 0.4) is 0 Å². The Morgan fingerprint density at radius 3 is 2.45 bits per heavy atom. The van der Waals surface area contributed by atoms with Gasteiger partial charge in [-0.25, -0.2) is 0 Å². The lowest BCUT2D eigenvalue weighted by atomic mass is 9.97. The van der Waals surface area contributed by atoms with E-state index in [9.17, 15) is 4.79 Å². The number of hydrogen-bond acceptors (Lipinski definition) is 4. The lowest BCUT2D eigenvalue weighted by Gasteiger charge is -2.16. The molecule has 1 aromatic carbocycles. The van der Waals surface area contributed by atoms with Crippen LogP contribution >= 0.6 is 0 Å². The van der Waals surface area contributed by atoms with Crippen molar-refractivity contribution in [3.63, 3.8) is 0 Å². The van der Waals surface area contributed by atoms with Crippen LogP contribution in [0.5, 0.6) is 11.5 Å². The highest BCUT2D eigenvalue weighted by Gasteiger charge is 2.23. The first-order valence-corrected chi connectivity index (χ1v) is 7.11. The van der Waals surface area contributed by atoms with Gasteiger partial charge in [0.05, 0.1) is 12.0 Å². The maximum Gasteiger partial charge on any atom is 0.316 e. The Hall–Kier alpha value is -1.55. The van der Waals surface area contributed by atoms with Gasteiger partial charge in [-0.05, 0) is 58.0 Å². The average molecular weight is 277 g/mol. The van der Waals surface area contributed by atoms with Crippen LogP contribution in [0.1, 0.15) is 27.2 Å². The van der Waals surface area contributed by atoms with Crippen molar-refractivity contribution in [2.45, 2.75) is 27.2 Å². The first-order valence-electron chi connectivity index (χ1n) is 7.11. The van der Waals surface area contributed by atoms with E-state index in [2.05, 4.69) is 5.32 Å². The molecule has 0 aromatic heterocycles. The summed E-state index contributed by atoms with van der Waals surface area (Å²) in [6, 6.07) is 7.22. The highest BCUT2D eigenvalue weighted by atomic mass is 16.5. The summed E-state index contributed by atoms with van der Waals surface area (Å²) in [4.78, 5) is 11.8. The zero-order chi connectivity index (χ0) is 14.6. The summed E-state index contributed by atoms with van der Waals surface area (Å²) in [5.41, 5.74) is -0.495. The molecule has 1 atom stereocenters. The van der Waals surface area contributed by atoms with Gasteiger partial charge >= 0.3 is 5.97 Å². The summed E-state index contributed by atoms with van der Waals surface area (Å²) >= 11 is 0. The van der Waals surface area contributed by atoms with Gasteiger partial charge < -0.3 is 14.8 Å². The second-order valence-electron chi connectivity index (χ2n) is 6.28. The van der Waals surface area contributed by atoms with Crippen LogP contribution in [0, 0.1) is 11.3 Å². The fourth-order valence-corrected chi connectivity index (χ4v) is 1.93. The van der Waals surface area contributed by atoms with Crippen LogP contribution in [-0.2, 0) is 4.79 Å². The maximum atomic E-state index is 11.8. The van der Waals surface area contributed by atoms with Gasteiger partial charge in [0.15, 0.2) is 0 Å². The van der Waals surface area contributed by atoms with Crippen LogP contribution in [0.4, 0.5) is 0 Å². The smallest absolute Gasteiger partial charge is 0.316 e. The molecular weight excluding hydrogens is 254 g/mol. The van der Waals surface area contributed by atoms with E-state index >= 15 is 0 Å². The van der Waals surface area contributed by atoms with E-state index in [-0.39, 0.29) is 5.97 Å². The van der Waals surface area contributed by atoms with Gasteiger partial charge in [-0.3, -0.25) is 4.79 Å². The Bertz CT molecular complexity index is 442. The van der Waals surface area contributed by atoms with Gasteiger partial charge in [0.25, 0.3) is 0 Å². The van der Waals surface area contributed by atoms with Gasteiger partial charge in [-0.1, -0.05) is 0 Å². The fraction of sp³-hybridized carbons (Fsp3) is 0.562. The largest absolute Gasteiger partial charge is 0.493 e. The fourth-order valence-electron chi connectivity index (χ4n) is 1.93. The molecule has 1 heterocycles. The van der Waals surface area contributed by atoms with Gasteiger partial charge in [0, 0.05) is 12.5 Å². The van der Waals surface area contributed by atoms with Crippen molar-refractivity contribution in [3.05, 3.63) is 24.3 Å². The maximum absolute atomic E-state index is 11.8. The minimum absolute atomic E-state index is 0.233. The third kappa shape index (κ3) is 4.23. The quantitative estimate of drug-likeness (QED) is 0.679. The lowest BCUT2D eigenvalue weighted by molar-refractivity contribution is -0.143. The molecule has 1 aliphatic rings. The number of benzene rings is 1. The van der Waals surface area contributed by atoms with Gasteiger partial charge in [-0.2, -0.15) is 0 Å². The molecule has 1 N–H and O–H groups in total. The summed E-state index contributed by atoms with van der Waals surface area (Å²) in [6.07, 6.45) is 1.17. The van der Waals surface area contributed by atoms with Crippen molar-refractivity contribution in [1.29, 1.82) is 0 Å². The molecule has 0 radical (unpaired) electrons. The number of nitrogens with one attached hydrogen (secondary N) is 1. The van der Waals surface area contributed by atoms with Crippen molar-refractivity contribution in [1.82, 2.24) is 5.32 Å². The van der Waals surface area contributed by atoms with Crippen LogP contribution in [0.2, 0.25) is 0 Å². The van der Waals surface area contributed by atoms with Gasteiger partial charge in [-0.15, -0.1) is 0 Å². The number of esters is 1. The molecule has 110 valence electrons. The predicted octanol–water partition coefficient (Wildman–Crippen LogP) is 2.63. The molecular formula is C16H23NO3. The Labute approximate surface area is 120 Å². The minimum Gasteiger partial charge on any atom is -0.493 e. The Balaban J connectivity index is 1.84. The molecule has 0 saturated carbocycles. The Morgan fingerprint density at radius 2 is 1.90 bits per heavy atom. The molecule has 20 heavy (non-hydrogen) atoms. The van der Waals surface area contributed by atoms with Gasteiger partial charge in [0.2, 0.25) is 0 Å². The number of ether oxygens (including phenoxy) is 2. The summed E-state index contributed by atoms with van der Waals surface area (Å²) in [7, 11) is 0. The number of carbonyl (C=O) groups is 1. The van der Waals surface area contributed by atoms with Crippen molar-refractivity contribution >= 4 is 5.97 Å². The first kappa shape index (κ1) is 14.9. The minimum atomic E-state index is -0.495. The van der Waals surface area contributed by atoms with Crippen LogP contribution in [0.25, 0.3) is 0 Å². The molecule has 1 aromatic rings. The molecule has 0 aliphatic carbocycles. The average Bonchev–Trinajstić information content (AvgIpc) is 2.90. The number of rotatable bonds is 4. The zero-order valence-corrected chi connectivity index (χ0v) is 12.4. The van der Waals surface area contributed by atoms with Crippen LogP contribution < -0.4 is 14.8 Å². The van der Waals surface area contributed by atoms with Crippen molar-refractivity contribution in [2.24, 2.45) is 11.3 Å². The summed E-state index contributed by atoms with van der Waals surface area (Å²) in [6.45, 7) is 8.35. The molecule has 0 spiro atoms. The Morgan fingerprint density at radius 1 is 1.25 bits per heavy atom. The summed E-state index contributed by atoms with van der Waals surface area (Å²) in [5.74, 6) is 1.73. The first-order chi connectivity index (χ1) is 9.45. The van der Waals surface area contributed by atoms with Gasteiger partial charge in [0.1, 0.15) is 11.5 Å². The topological polar surface area (TPSA) is 47.6 Å². The third-order valence-corrected chi connectivity index (χ3v) is 3.29. The van der Waals surface area contributed by atoms with Crippen molar-refractivity contribution in [3.8, 4) is 11.5 Å². The highest BCUT2D eigenvalue weighted by Crippen LogP contribution is 2.22. The van der Waals surface area contributed by atoms with E-state index in [1.807, 2.05) is 32.9 Å². The molecule has 0 bridgehead atoms. The number of carbonyl (C=O) groups excluding carboxylic acids is 1. The van der Waals surface area contributed by atoms with Crippen molar-refractivity contribution < 1.29 is 14.3 Å². The Kier molecular flexibility index (Phi) is 4.65. The molecule has 1 aliphatic heterocycles. The van der Waals surface area contributed by atoms with Crippen molar-refractivity contribution in [2.75, 3.05) is 19.7 Å². The molecule has 0 unspecified atom stereocenters. The lowest BCUT2D eigenvalue weighted by Crippen LogP contribution is -2.25. The second kappa shape index (κ2) is 6.27.